The van der Waals surface area contributed by atoms with Crippen molar-refractivity contribution in [1.82, 2.24) is 4.90 Å². The molecule has 132 valence electrons. The van der Waals surface area contributed by atoms with Gasteiger partial charge < -0.3 is 0 Å². The van der Waals surface area contributed by atoms with Crippen LogP contribution in [0.2, 0.25) is 0 Å². The monoisotopic (exact) mass is 353 g/mol. The van der Waals surface area contributed by atoms with E-state index in [9.17, 15) is 9.59 Å². The number of benzene rings is 3. The number of hydrogen-bond acceptors (Lipinski definition) is 2. The molecule has 4 rings (SSSR count). The Bertz CT molecular complexity index is 958. The Balaban J connectivity index is 1.69. The number of nitrogens with zero attached hydrogens (tertiary/aromatic N) is 1. The third kappa shape index (κ3) is 3.44. The summed E-state index contributed by atoms with van der Waals surface area (Å²) >= 11 is 0. The van der Waals surface area contributed by atoms with Crippen LogP contribution in [-0.2, 0) is 6.42 Å². The molecule has 0 bridgehead atoms. The van der Waals surface area contributed by atoms with Gasteiger partial charge in [-0.15, -0.1) is 0 Å². The van der Waals surface area contributed by atoms with Crippen LogP contribution in [0.4, 0.5) is 0 Å². The summed E-state index contributed by atoms with van der Waals surface area (Å²) in [7, 11) is 0. The Kier molecular flexibility index (Phi) is 4.67. The molecule has 0 N–H and O–H groups in total. The Labute approximate surface area is 158 Å². The van der Waals surface area contributed by atoms with Crippen LogP contribution in [0.25, 0.3) is 6.08 Å². The first kappa shape index (κ1) is 17.0. The number of imide groups is 1. The van der Waals surface area contributed by atoms with Gasteiger partial charge in [-0.05, 0) is 29.7 Å². The van der Waals surface area contributed by atoms with Crippen LogP contribution in [0.1, 0.15) is 31.8 Å². The zero-order chi connectivity index (χ0) is 18.6. The molecule has 1 unspecified atom stereocenters. The van der Waals surface area contributed by atoms with Crippen LogP contribution >= 0.6 is 0 Å². The van der Waals surface area contributed by atoms with Crippen molar-refractivity contribution in [3.05, 3.63) is 113 Å². The van der Waals surface area contributed by atoms with Crippen molar-refractivity contribution in [2.24, 2.45) is 0 Å². The van der Waals surface area contributed by atoms with Crippen molar-refractivity contribution >= 4 is 17.9 Å². The van der Waals surface area contributed by atoms with Crippen LogP contribution in [0.5, 0.6) is 0 Å². The van der Waals surface area contributed by atoms with Crippen molar-refractivity contribution in [3.8, 4) is 0 Å². The van der Waals surface area contributed by atoms with E-state index in [0.29, 0.717) is 17.5 Å². The molecule has 0 radical (unpaired) electrons. The van der Waals surface area contributed by atoms with E-state index >= 15 is 0 Å². The minimum absolute atomic E-state index is 0.228. The second kappa shape index (κ2) is 7.42. The Morgan fingerprint density at radius 3 is 1.81 bits per heavy atom. The van der Waals surface area contributed by atoms with Gasteiger partial charge in [-0.1, -0.05) is 84.9 Å². The fraction of sp³-hybridized carbons (Fsp3) is 0.0833. The molecule has 0 saturated heterocycles. The molecule has 0 saturated carbocycles. The summed E-state index contributed by atoms with van der Waals surface area (Å²) in [6.07, 6.45) is 4.50. The summed E-state index contributed by atoms with van der Waals surface area (Å²) in [4.78, 5) is 27.2. The van der Waals surface area contributed by atoms with Gasteiger partial charge in [-0.25, -0.2) is 0 Å². The van der Waals surface area contributed by atoms with E-state index in [1.165, 1.54) is 4.90 Å². The third-order valence-electron chi connectivity index (χ3n) is 4.76. The largest absolute Gasteiger partial charge is 0.269 e. The van der Waals surface area contributed by atoms with Gasteiger partial charge in [0.2, 0.25) is 0 Å². The van der Waals surface area contributed by atoms with Gasteiger partial charge in [-0.3, -0.25) is 14.5 Å². The minimum Gasteiger partial charge on any atom is -0.269 e. The van der Waals surface area contributed by atoms with Crippen LogP contribution in [0, 0.1) is 0 Å². The fourth-order valence-corrected chi connectivity index (χ4v) is 3.40. The zero-order valence-corrected chi connectivity index (χ0v) is 14.8. The topological polar surface area (TPSA) is 37.4 Å². The highest BCUT2D eigenvalue weighted by molar-refractivity contribution is 6.21. The van der Waals surface area contributed by atoms with Gasteiger partial charge in [0.25, 0.3) is 11.8 Å². The Morgan fingerprint density at radius 2 is 1.22 bits per heavy atom. The Hall–Kier alpha value is -3.46. The van der Waals surface area contributed by atoms with Gasteiger partial charge in [0, 0.05) is 0 Å². The fourth-order valence-electron chi connectivity index (χ4n) is 3.40. The van der Waals surface area contributed by atoms with Crippen molar-refractivity contribution in [2.45, 2.75) is 12.5 Å². The highest BCUT2D eigenvalue weighted by atomic mass is 16.2. The maximum Gasteiger partial charge on any atom is 0.262 e. The van der Waals surface area contributed by atoms with E-state index < -0.39 is 0 Å². The molecular formula is C24H19NO2. The molecule has 3 aromatic rings. The lowest BCUT2D eigenvalue weighted by Gasteiger charge is -2.23. The molecule has 1 heterocycles. The van der Waals surface area contributed by atoms with Crippen molar-refractivity contribution < 1.29 is 9.59 Å². The van der Waals surface area contributed by atoms with Crippen molar-refractivity contribution in [1.29, 1.82) is 0 Å². The molecule has 0 spiro atoms. The highest BCUT2D eigenvalue weighted by Gasteiger charge is 2.38. The number of carbonyl (C=O) groups excluding carboxylic acids is 2. The lowest BCUT2D eigenvalue weighted by molar-refractivity contribution is 0.0615. The SMILES string of the molecule is O=C1c2ccccc2C(=O)N1C(/C=C/c1ccccc1)Cc1ccccc1. The lowest BCUT2D eigenvalue weighted by Crippen LogP contribution is -2.40. The van der Waals surface area contributed by atoms with Gasteiger partial charge >= 0.3 is 0 Å². The minimum atomic E-state index is -0.347. The maximum atomic E-state index is 12.9. The average molecular weight is 353 g/mol. The van der Waals surface area contributed by atoms with E-state index in [4.69, 9.17) is 0 Å². The van der Waals surface area contributed by atoms with E-state index in [1.54, 1.807) is 24.3 Å². The summed E-state index contributed by atoms with van der Waals surface area (Å²) in [6.45, 7) is 0. The molecule has 1 aliphatic heterocycles. The summed E-state index contributed by atoms with van der Waals surface area (Å²) in [6, 6.07) is 26.5. The molecule has 0 aromatic heterocycles. The molecular weight excluding hydrogens is 334 g/mol. The van der Waals surface area contributed by atoms with Crippen molar-refractivity contribution in [2.75, 3.05) is 0 Å². The predicted molar refractivity (Wildman–Crippen MR) is 106 cm³/mol. The van der Waals surface area contributed by atoms with Crippen molar-refractivity contribution in [3.63, 3.8) is 0 Å². The maximum absolute atomic E-state index is 12.9. The van der Waals surface area contributed by atoms with Crippen LogP contribution in [0.3, 0.4) is 0 Å². The third-order valence-corrected chi connectivity index (χ3v) is 4.76. The molecule has 0 aliphatic carbocycles. The standard InChI is InChI=1S/C24H19NO2/c26-23-21-13-7-8-14-22(21)24(27)25(23)20(17-19-11-5-2-6-12-19)16-15-18-9-3-1-4-10-18/h1-16,20H,17H2/b16-15+. The summed E-state index contributed by atoms with van der Waals surface area (Å²) in [5, 5.41) is 0. The van der Waals surface area contributed by atoms with Crippen LogP contribution in [-0.4, -0.2) is 22.8 Å². The second-order valence-corrected chi connectivity index (χ2v) is 6.55. The van der Waals surface area contributed by atoms with E-state index in [1.807, 2.05) is 72.8 Å². The number of carbonyl (C=O) groups is 2. The number of fused-ring (bicyclic) bond motifs is 1. The average Bonchev–Trinajstić information content (AvgIpc) is 2.98. The van der Waals surface area contributed by atoms with Gasteiger partial charge in [0.1, 0.15) is 0 Å². The van der Waals surface area contributed by atoms with Crippen LogP contribution in [0.15, 0.2) is 91.0 Å². The molecule has 27 heavy (non-hydrogen) atoms. The normalized spacial score (nSPS) is 14.6. The first-order chi connectivity index (χ1) is 13.2. The van der Waals surface area contributed by atoms with Gasteiger partial charge in [0.15, 0.2) is 0 Å². The number of hydrogen-bond donors (Lipinski definition) is 0. The molecule has 3 heteroatoms. The summed E-state index contributed by atoms with van der Waals surface area (Å²) < 4.78 is 0. The molecule has 1 aliphatic rings. The van der Waals surface area contributed by atoms with Gasteiger partial charge in [0.05, 0.1) is 17.2 Å². The second-order valence-electron chi connectivity index (χ2n) is 6.55. The molecule has 3 aromatic carbocycles. The smallest absolute Gasteiger partial charge is 0.262 e. The quantitative estimate of drug-likeness (QED) is 0.628. The molecule has 3 nitrogen and oxygen atoms in total. The van der Waals surface area contributed by atoms with E-state index in [0.717, 1.165) is 11.1 Å². The Morgan fingerprint density at radius 1 is 0.704 bits per heavy atom. The molecule has 0 fully saturated rings. The predicted octanol–water partition coefficient (Wildman–Crippen LogP) is 4.61. The van der Waals surface area contributed by atoms with Crippen LogP contribution < -0.4 is 0 Å². The zero-order valence-electron chi connectivity index (χ0n) is 14.8. The number of rotatable bonds is 5. The van der Waals surface area contributed by atoms with Gasteiger partial charge in [-0.2, -0.15) is 0 Å². The summed E-state index contributed by atoms with van der Waals surface area (Å²) in [5.41, 5.74) is 3.08. The number of amides is 2. The lowest BCUT2D eigenvalue weighted by atomic mass is 10.0. The first-order valence-electron chi connectivity index (χ1n) is 8.98. The van der Waals surface area contributed by atoms with E-state index in [2.05, 4.69) is 0 Å². The summed E-state index contributed by atoms with van der Waals surface area (Å²) in [5.74, 6) is -0.455. The molecule has 1 atom stereocenters. The van der Waals surface area contributed by atoms with E-state index in [-0.39, 0.29) is 17.9 Å². The first-order valence-corrected chi connectivity index (χ1v) is 8.98. The highest BCUT2D eigenvalue weighted by Crippen LogP contribution is 2.26. The molecule has 2 amide bonds.